The zero-order valence-electron chi connectivity index (χ0n) is 16.8. The first-order valence-electron chi connectivity index (χ1n) is 9.89. The Balaban J connectivity index is 1.42. The molecule has 2 aromatic carbocycles. The van der Waals surface area contributed by atoms with Crippen LogP contribution in [0.4, 0.5) is 14.5 Å². The largest absolute Gasteiger partial charge is 0.336 e. The van der Waals surface area contributed by atoms with Crippen LogP contribution in [0.3, 0.4) is 0 Å². The summed E-state index contributed by atoms with van der Waals surface area (Å²) in [5.41, 5.74) is 0.722. The highest BCUT2D eigenvalue weighted by atomic mass is 32.2. The summed E-state index contributed by atoms with van der Waals surface area (Å²) in [6.45, 7) is 0.0942. The molecular formula is C21H19F2N3O5S. The molecule has 8 nitrogen and oxygen atoms in total. The summed E-state index contributed by atoms with van der Waals surface area (Å²) in [6, 6.07) is 8.33. The first kappa shape index (κ1) is 22.0. The van der Waals surface area contributed by atoms with Crippen molar-refractivity contribution in [3.8, 4) is 0 Å². The van der Waals surface area contributed by atoms with Crippen LogP contribution in [0.5, 0.6) is 0 Å². The molecule has 0 aromatic heterocycles. The molecule has 11 heteroatoms. The highest BCUT2D eigenvalue weighted by Gasteiger charge is 2.33. The van der Waals surface area contributed by atoms with E-state index in [4.69, 9.17) is 0 Å². The second kappa shape index (κ2) is 8.40. The van der Waals surface area contributed by atoms with Crippen molar-refractivity contribution >= 4 is 33.4 Å². The minimum atomic E-state index is -4.16. The number of benzene rings is 2. The number of hydrogen-bond acceptors (Lipinski definition) is 5. The molecule has 2 heterocycles. The number of imide groups is 1. The van der Waals surface area contributed by atoms with Crippen LogP contribution in [0.15, 0.2) is 47.4 Å². The number of piperazine rings is 1. The highest BCUT2D eigenvalue weighted by molar-refractivity contribution is 7.89. The smallest absolute Gasteiger partial charge is 0.253 e. The molecule has 2 aliphatic rings. The van der Waals surface area contributed by atoms with E-state index in [9.17, 15) is 31.6 Å². The monoisotopic (exact) mass is 463 g/mol. The predicted octanol–water partition coefficient (Wildman–Crippen LogP) is 1.76. The number of rotatable bonds is 4. The topological polar surface area (TPSA) is 95.1 Å². The number of hydrogen-bond donors (Lipinski definition) is 0. The van der Waals surface area contributed by atoms with E-state index in [-0.39, 0.29) is 56.7 Å². The summed E-state index contributed by atoms with van der Waals surface area (Å²) >= 11 is 0. The number of sulfonamides is 1. The molecule has 0 aliphatic carbocycles. The average Bonchev–Trinajstić information content (AvgIpc) is 3.11. The van der Waals surface area contributed by atoms with Crippen LogP contribution in [0, 0.1) is 11.6 Å². The molecule has 2 aromatic rings. The van der Waals surface area contributed by atoms with Gasteiger partial charge in [0.1, 0.15) is 16.5 Å². The normalized spacial score (nSPS) is 17.8. The van der Waals surface area contributed by atoms with Gasteiger partial charge in [0.15, 0.2) is 0 Å². The Morgan fingerprint density at radius 1 is 0.844 bits per heavy atom. The molecular weight excluding hydrogens is 444 g/mol. The van der Waals surface area contributed by atoms with E-state index < -0.39 is 26.6 Å². The van der Waals surface area contributed by atoms with E-state index in [1.807, 2.05) is 0 Å². The molecule has 0 spiro atoms. The summed E-state index contributed by atoms with van der Waals surface area (Å²) < 4.78 is 53.5. The molecule has 2 aliphatic heterocycles. The molecule has 0 atom stereocenters. The summed E-state index contributed by atoms with van der Waals surface area (Å²) in [6.07, 6.45) is 0.322. The van der Waals surface area contributed by atoms with Crippen LogP contribution in [0.2, 0.25) is 0 Å². The molecule has 2 saturated heterocycles. The number of carbonyl (C=O) groups is 3. The van der Waals surface area contributed by atoms with E-state index in [2.05, 4.69) is 0 Å². The second-order valence-corrected chi connectivity index (χ2v) is 9.35. The van der Waals surface area contributed by atoms with Crippen LogP contribution in [0.25, 0.3) is 0 Å². The molecule has 0 unspecified atom stereocenters. The van der Waals surface area contributed by atoms with Crippen LogP contribution in [-0.2, 0) is 19.6 Å². The van der Waals surface area contributed by atoms with Gasteiger partial charge in [-0.2, -0.15) is 4.31 Å². The van der Waals surface area contributed by atoms with Crippen LogP contribution >= 0.6 is 0 Å². The molecule has 168 valence electrons. The van der Waals surface area contributed by atoms with Gasteiger partial charge in [0.25, 0.3) is 5.91 Å². The van der Waals surface area contributed by atoms with Gasteiger partial charge in [-0.3, -0.25) is 19.3 Å². The standard InChI is InChI=1S/C21H19F2N3O5S/c22-15-3-6-18(17(23)13-15)32(30,31)25-11-9-24(10-12-25)21(29)14-1-4-16(5-2-14)26-19(27)7-8-20(26)28/h1-6,13H,7-12H2. The van der Waals surface area contributed by atoms with Crippen molar-refractivity contribution in [3.05, 3.63) is 59.7 Å². The van der Waals surface area contributed by atoms with Gasteiger partial charge >= 0.3 is 0 Å². The summed E-state index contributed by atoms with van der Waals surface area (Å²) in [5, 5.41) is 0. The zero-order chi connectivity index (χ0) is 23.0. The summed E-state index contributed by atoms with van der Waals surface area (Å²) in [7, 11) is -4.16. The molecule has 0 saturated carbocycles. The lowest BCUT2D eigenvalue weighted by Gasteiger charge is -2.34. The van der Waals surface area contributed by atoms with Crippen LogP contribution in [0.1, 0.15) is 23.2 Å². The van der Waals surface area contributed by atoms with Crippen molar-refractivity contribution in [2.75, 3.05) is 31.1 Å². The van der Waals surface area contributed by atoms with Crippen molar-refractivity contribution in [2.24, 2.45) is 0 Å². The molecule has 0 radical (unpaired) electrons. The Hall–Kier alpha value is -3.18. The Morgan fingerprint density at radius 3 is 2.00 bits per heavy atom. The first-order chi connectivity index (χ1) is 15.2. The van der Waals surface area contributed by atoms with Crippen LogP contribution < -0.4 is 4.90 Å². The van der Waals surface area contributed by atoms with Crippen LogP contribution in [-0.4, -0.2) is 61.5 Å². The number of carbonyl (C=O) groups excluding carboxylic acids is 3. The predicted molar refractivity (Wildman–Crippen MR) is 109 cm³/mol. The Kier molecular flexibility index (Phi) is 5.78. The fourth-order valence-electron chi connectivity index (χ4n) is 3.76. The van der Waals surface area contributed by atoms with E-state index >= 15 is 0 Å². The third kappa shape index (κ3) is 4.00. The molecule has 0 N–H and O–H groups in total. The van der Waals surface area contributed by atoms with Crippen molar-refractivity contribution in [3.63, 3.8) is 0 Å². The van der Waals surface area contributed by atoms with Gasteiger partial charge in [0.2, 0.25) is 21.8 Å². The number of anilines is 1. The van der Waals surface area contributed by atoms with E-state index in [1.165, 1.54) is 29.2 Å². The Morgan fingerprint density at radius 2 is 1.44 bits per heavy atom. The quantitative estimate of drug-likeness (QED) is 0.644. The second-order valence-electron chi connectivity index (χ2n) is 7.44. The maximum absolute atomic E-state index is 14.0. The van der Waals surface area contributed by atoms with Gasteiger partial charge in [-0.25, -0.2) is 17.2 Å². The van der Waals surface area contributed by atoms with E-state index in [0.29, 0.717) is 17.3 Å². The fourth-order valence-corrected chi connectivity index (χ4v) is 5.22. The lowest BCUT2D eigenvalue weighted by Crippen LogP contribution is -2.50. The lowest BCUT2D eigenvalue weighted by atomic mass is 10.1. The number of amides is 3. The minimum Gasteiger partial charge on any atom is -0.336 e. The van der Waals surface area contributed by atoms with Gasteiger partial charge in [-0.15, -0.1) is 0 Å². The molecule has 0 bridgehead atoms. The molecule has 2 fully saturated rings. The SMILES string of the molecule is O=C(c1ccc(N2C(=O)CCC2=O)cc1)N1CCN(S(=O)(=O)c2ccc(F)cc2F)CC1. The Bertz CT molecular complexity index is 1180. The van der Waals surface area contributed by atoms with Gasteiger partial charge in [0.05, 0.1) is 5.69 Å². The summed E-state index contributed by atoms with van der Waals surface area (Å²) in [5.74, 6) is -2.95. The van der Waals surface area contributed by atoms with Gasteiger partial charge < -0.3 is 4.90 Å². The van der Waals surface area contributed by atoms with Crippen molar-refractivity contribution in [1.82, 2.24) is 9.21 Å². The van der Waals surface area contributed by atoms with Gasteiger partial charge in [-0.1, -0.05) is 0 Å². The lowest BCUT2D eigenvalue weighted by molar-refractivity contribution is -0.121. The van der Waals surface area contributed by atoms with E-state index in [1.54, 1.807) is 0 Å². The zero-order valence-corrected chi connectivity index (χ0v) is 17.6. The third-order valence-electron chi connectivity index (χ3n) is 5.46. The Labute approximate surface area is 183 Å². The number of nitrogens with zero attached hydrogens (tertiary/aromatic N) is 3. The van der Waals surface area contributed by atoms with Gasteiger partial charge in [0, 0.05) is 50.7 Å². The molecule has 3 amide bonds. The third-order valence-corrected chi connectivity index (χ3v) is 7.39. The summed E-state index contributed by atoms with van der Waals surface area (Å²) in [4.78, 5) is 38.4. The first-order valence-corrected chi connectivity index (χ1v) is 11.3. The minimum absolute atomic E-state index is 0.0419. The highest BCUT2D eigenvalue weighted by Crippen LogP contribution is 2.24. The van der Waals surface area contributed by atoms with Crippen molar-refractivity contribution in [1.29, 1.82) is 0 Å². The van der Waals surface area contributed by atoms with Gasteiger partial charge in [-0.05, 0) is 36.4 Å². The molecule has 32 heavy (non-hydrogen) atoms. The van der Waals surface area contributed by atoms with Crippen molar-refractivity contribution < 1.29 is 31.6 Å². The maximum atomic E-state index is 14.0. The average molecular weight is 463 g/mol. The maximum Gasteiger partial charge on any atom is 0.253 e. The number of halogens is 2. The van der Waals surface area contributed by atoms with E-state index in [0.717, 1.165) is 21.3 Å². The fraction of sp³-hybridized carbons (Fsp3) is 0.286. The molecule has 4 rings (SSSR count). The van der Waals surface area contributed by atoms with Crippen molar-refractivity contribution in [2.45, 2.75) is 17.7 Å².